The normalized spacial score (nSPS) is 21.2. The number of hydrogen-bond donors (Lipinski definition) is 1. The Balaban J connectivity index is 1.43. The first-order valence-corrected chi connectivity index (χ1v) is 8.48. The van der Waals surface area contributed by atoms with Gasteiger partial charge in [0.05, 0.1) is 0 Å². The Hall–Kier alpha value is -1.02. The van der Waals surface area contributed by atoms with E-state index in [4.69, 9.17) is 0 Å². The van der Waals surface area contributed by atoms with E-state index in [2.05, 4.69) is 34.5 Å². The average Bonchev–Trinajstić information content (AvgIpc) is 3.03. The number of nitrogens with zero attached hydrogens (tertiary/aromatic N) is 1. The highest BCUT2D eigenvalue weighted by molar-refractivity contribution is 5.45. The van der Waals surface area contributed by atoms with Crippen LogP contribution in [-0.4, -0.2) is 31.1 Å². The topological polar surface area (TPSA) is 15.3 Å². The van der Waals surface area contributed by atoms with E-state index in [0.29, 0.717) is 0 Å². The molecule has 1 saturated heterocycles. The van der Waals surface area contributed by atoms with Crippen LogP contribution in [-0.2, 0) is 0 Å². The summed E-state index contributed by atoms with van der Waals surface area (Å²) in [7, 11) is 0. The molecule has 1 aliphatic heterocycles. The van der Waals surface area contributed by atoms with Gasteiger partial charge in [0.25, 0.3) is 0 Å². The number of rotatable bonds is 5. The summed E-state index contributed by atoms with van der Waals surface area (Å²) >= 11 is 0. The van der Waals surface area contributed by atoms with Crippen LogP contribution in [0.4, 0.5) is 5.69 Å². The van der Waals surface area contributed by atoms with Crippen LogP contribution in [0.3, 0.4) is 0 Å². The molecule has 3 rings (SSSR count). The first kappa shape index (κ1) is 13.9. The highest BCUT2D eigenvalue weighted by atomic mass is 15.1. The molecule has 0 spiro atoms. The summed E-state index contributed by atoms with van der Waals surface area (Å²) in [5.41, 5.74) is 2.83. The zero-order valence-corrected chi connectivity index (χ0v) is 12.6. The zero-order chi connectivity index (χ0) is 13.6. The van der Waals surface area contributed by atoms with Gasteiger partial charge >= 0.3 is 0 Å². The second-order valence-electron chi connectivity index (χ2n) is 6.43. The summed E-state index contributed by atoms with van der Waals surface area (Å²) in [6.45, 7) is 4.84. The predicted molar refractivity (Wildman–Crippen MR) is 86.4 cm³/mol. The van der Waals surface area contributed by atoms with Crippen molar-refractivity contribution in [3.05, 3.63) is 29.8 Å². The molecule has 2 aliphatic rings. The first-order valence-electron chi connectivity index (χ1n) is 8.48. The fraction of sp³-hybridized carbons (Fsp3) is 0.667. The molecule has 1 heterocycles. The quantitative estimate of drug-likeness (QED) is 0.862. The second-order valence-corrected chi connectivity index (χ2v) is 6.43. The van der Waals surface area contributed by atoms with E-state index in [1.807, 2.05) is 0 Å². The molecule has 1 N–H and O–H groups in total. The molecule has 0 aromatic heterocycles. The molecule has 1 aromatic rings. The van der Waals surface area contributed by atoms with Crippen molar-refractivity contribution in [3.63, 3.8) is 0 Å². The Kier molecular flexibility index (Phi) is 4.96. The van der Waals surface area contributed by atoms with Gasteiger partial charge in [-0.2, -0.15) is 0 Å². The maximum atomic E-state index is 3.57. The van der Waals surface area contributed by atoms with Crippen molar-refractivity contribution in [2.75, 3.05) is 31.5 Å². The molecule has 0 amide bonds. The van der Waals surface area contributed by atoms with Crippen LogP contribution in [0.25, 0.3) is 0 Å². The molecule has 0 radical (unpaired) electrons. The number of piperidine rings is 1. The minimum atomic E-state index is 0.831. The summed E-state index contributed by atoms with van der Waals surface area (Å²) in [4.78, 5) is 2.59. The fourth-order valence-corrected chi connectivity index (χ4v) is 3.67. The average molecular weight is 272 g/mol. The summed E-state index contributed by atoms with van der Waals surface area (Å²) in [5.74, 6) is 0.831. The van der Waals surface area contributed by atoms with Crippen LogP contribution in [0.5, 0.6) is 0 Å². The lowest BCUT2D eigenvalue weighted by Crippen LogP contribution is -2.33. The summed E-state index contributed by atoms with van der Waals surface area (Å²) in [6.07, 6.45) is 9.81. The van der Waals surface area contributed by atoms with E-state index in [1.165, 1.54) is 70.3 Å². The fourth-order valence-electron chi connectivity index (χ4n) is 3.67. The van der Waals surface area contributed by atoms with Crippen molar-refractivity contribution in [2.24, 2.45) is 0 Å². The van der Waals surface area contributed by atoms with Crippen LogP contribution in [0, 0.1) is 0 Å². The Labute approximate surface area is 123 Å². The summed E-state index contributed by atoms with van der Waals surface area (Å²) in [5, 5.41) is 3.57. The number of anilines is 1. The molecular formula is C18H28N2. The van der Waals surface area contributed by atoms with Crippen molar-refractivity contribution in [2.45, 2.75) is 50.9 Å². The standard InChI is InChI=1S/C18H28N2/c1-4-13-20(14-5-1)15-12-19-18-10-8-17(9-11-18)16-6-2-3-7-16/h8-11,16,19H,1-7,12-15H2. The van der Waals surface area contributed by atoms with Crippen LogP contribution in [0.15, 0.2) is 24.3 Å². The second kappa shape index (κ2) is 7.12. The Morgan fingerprint density at radius 1 is 0.900 bits per heavy atom. The zero-order valence-electron chi connectivity index (χ0n) is 12.6. The largest absolute Gasteiger partial charge is 0.384 e. The lowest BCUT2D eigenvalue weighted by atomic mass is 9.98. The highest BCUT2D eigenvalue weighted by Crippen LogP contribution is 2.34. The van der Waals surface area contributed by atoms with Gasteiger partial charge in [0, 0.05) is 18.8 Å². The van der Waals surface area contributed by atoms with Crippen molar-refractivity contribution in [1.29, 1.82) is 0 Å². The Morgan fingerprint density at radius 3 is 2.30 bits per heavy atom. The third-order valence-corrected chi connectivity index (χ3v) is 4.94. The van der Waals surface area contributed by atoms with Crippen molar-refractivity contribution in [3.8, 4) is 0 Å². The van der Waals surface area contributed by atoms with Crippen LogP contribution >= 0.6 is 0 Å². The molecule has 110 valence electrons. The molecule has 20 heavy (non-hydrogen) atoms. The SMILES string of the molecule is c1cc(C2CCCC2)ccc1NCCN1CCCCC1. The van der Waals surface area contributed by atoms with Gasteiger partial charge in [-0.1, -0.05) is 31.4 Å². The van der Waals surface area contributed by atoms with Crippen molar-refractivity contribution in [1.82, 2.24) is 4.90 Å². The van der Waals surface area contributed by atoms with Crippen molar-refractivity contribution < 1.29 is 0 Å². The maximum absolute atomic E-state index is 3.57. The predicted octanol–water partition coefficient (Wildman–Crippen LogP) is 4.24. The summed E-state index contributed by atoms with van der Waals surface area (Å²) in [6, 6.07) is 9.20. The molecule has 2 fully saturated rings. The van der Waals surface area contributed by atoms with Gasteiger partial charge in [0.2, 0.25) is 0 Å². The number of likely N-dealkylation sites (tertiary alicyclic amines) is 1. The number of hydrogen-bond acceptors (Lipinski definition) is 2. The van der Waals surface area contributed by atoms with Gasteiger partial charge in [-0.25, -0.2) is 0 Å². The minimum absolute atomic E-state index is 0.831. The molecular weight excluding hydrogens is 244 g/mol. The third kappa shape index (κ3) is 3.76. The first-order chi connectivity index (χ1) is 9.92. The van der Waals surface area contributed by atoms with Crippen molar-refractivity contribution >= 4 is 5.69 Å². The molecule has 1 aliphatic carbocycles. The lowest BCUT2D eigenvalue weighted by Gasteiger charge is -2.26. The van der Waals surface area contributed by atoms with Gasteiger partial charge in [0.1, 0.15) is 0 Å². The van der Waals surface area contributed by atoms with E-state index in [-0.39, 0.29) is 0 Å². The smallest absolute Gasteiger partial charge is 0.0340 e. The van der Waals surface area contributed by atoms with Gasteiger partial charge in [-0.3, -0.25) is 0 Å². The molecule has 2 nitrogen and oxygen atoms in total. The Morgan fingerprint density at radius 2 is 1.60 bits per heavy atom. The highest BCUT2D eigenvalue weighted by Gasteiger charge is 2.16. The van der Waals surface area contributed by atoms with Gasteiger partial charge in [-0.15, -0.1) is 0 Å². The van der Waals surface area contributed by atoms with Gasteiger partial charge in [0.15, 0.2) is 0 Å². The van der Waals surface area contributed by atoms with E-state index >= 15 is 0 Å². The Bertz CT molecular complexity index is 386. The van der Waals surface area contributed by atoms with E-state index in [9.17, 15) is 0 Å². The van der Waals surface area contributed by atoms with Gasteiger partial charge < -0.3 is 10.2 Å². The van der Waals surface area contributed by atoms with E-state index in [1.54, 1.807) is 5.56 Å². The summed E-state index contributed by atoms with van der Waals surface area (Å²) < 4.78 is 0. The number of nitrogens with one attached hydrogen (secondary N) is 1. The van der Waals surface area contributed by atoms with E-state index < -0.39 is 0 Å². The van der Waals surface area contributed by atoms with Gasteiger partial charge in [-0.05, 0) is 62.4 Å². The molecule has 0 bridgehead atoms. The lowest BCUT2D eigenvalue weighted by molar-refractivity contribution is 0.237. The minimum Gasteiger partial charge on any atom is -0.384 e. The molecule has 0 unspecified atom stereocenters. The van der Waals surface area contributed by atoms with E-state index in [0.717, 1.165) is 12.5 Å². The van der Waals surface area contributed by atoms with Crippen LogP contribution in [0.2, 0.25) is 0 Å². The third-order valence-electron chi connectivity index (χ3n) is 4.94. The maximum Gasteiger partial charge on any atom is 0.0340 e. The number of benzene rings is 1. The molecule has 1 saturated carbocycles. The molecule has 1 aromatic carbocycles. The molecule has 0 atom stereocenters. The monoisotopic (exact) mass is 272 g/mol. The van der Waals surface area contributed by atoms with Crippen LogP contribution < -0.4 is 5.32 Å². The molecule has 2 heteroatoms. The van der Waals surface area contributed by atoms with Crippen LogP contribution in [0.1, 0.15) is 56.4 Å².